The summed E-state index contributed by atoms with van der Waals surface area (Å²) in [4.78, 5) is 26.0. The Morgan fingerprint density at radius 1 is 1.13 bits per heavy atom. The second-order valence-electron chi connectivity index (χ2n) is 8.63. The van der Waals surface area contributed by atoms with Crippen molar-refractivity contribution in [1.82, 2.24) is 19.8 Å². The van der Waals surface area contributed by atoms with Gasteiger partial charge in [-0.2, -0.15) is 0 Å². The Labute approximate surface area is 181 Å². The Bertz CT molecular complexity index is 1060. The highest BCUT2D eigenvalue weighted by Crippen LogP contribution is 2.49. The van der Waals surface area contributed by atoms with Gasteiger partial charge in [0, 0.05) is 50.4 Å². The SMILES string of the molecule is COc1ccc(C(=O)N2CC3(CN(Cc4ccccc4)CC3c3ncc(C)o3)C2)cn1. The van der Waals surface area contributed by atoms with Crippen LogP contribution < -0.4 is 4.74 Å². The lowest BCUT2D eigenvalue weighted by Gasteiger charge is -2.50. The number of likely N-dealkylation sites (tertiary alicyclic amines) is 2. The van der Waals surface area contributed by atoms with Crippen LogP contribution in [0, 0.1) is 12.3 Å². The number of hydrogen-bond donors (Lipinski definition) is 0. The van der Waals surface area contributed by atoms with Crippen molar-refractivity contribution in [3.8, 4) is 5.88 Å². The molecular weight excluding hydrogens is 392 g/mol. The lowest BCUT2D eigenvalue weighted by molar-refractivity contribution is -0.000663. The van der Waals surface area contributed by atoms with Gasteiger partial charge in [-0.05, 0) is 18.6 Å². The molecule has 1 aromatic carbocycles. The Morgan fingerprint density at radius 2 is 1.94 bits per heavy atom. The molecule has 1 atom stereocenters. The predicted octanol–water partition coefficient (Wildman–Crippen LogP) is 3.13. The highest BCUT2D eigenvalue weighted by Gasteiger charge is 2.57. The van der Waals surface area contributed by atoms with Gasteiger partial charge in [0.05, 0.1) is 24.8 Å². The van der Waals surface area contributed by atoms with Crippen molar-refractivity contribution in [1.29, 1.82) is 0 Å². The summed E-state index contributed by atoms with van der Waals surface area (Å²) < 4.78 is 11.0. The van der Waals surface area contributed by atoms with E-state index in [1.165, 1.54) is 5.56 Å². The lowest BCUT2D eigenvalue weighted by Crippen LogP contribution is -2.61. The van der Waals surface area contributed by atoms with Crippen molar-refractivity contribution in [3.63, 3.8) is 0 Å². The minimum atomic E-state index is -0.0400. The Hall–Kier alpha value is -3.19. The number of aryl methyl sites for hydroxylation is 1. The van der Waals surface area contributed by atoms with Gasteiger partial charge in [0.25, 0.3) is 5.91 Å². The van der Waals surface area contributed by atoms with Gasteiger partial charge in [-0.25, -0.2) is 9.97 Å². The molecule has 160 valence electrons. The van der Waals surface area contributed by atoms with E-state index in [9.17, 15) is 4.79 Å². The van der Waals surface area contributed by atoms with Crippen molar-refractivity contribution < 1.29 is 13.9 Å². The normalized spacial score (nSPS) is 20.1. The number of hydrogen-bond acceptors (Lipinski definition) is 6. The van der Waals surface area contributed by atoms with E-state index in [1.807, 2.05) is 17.9 Å². The minimum absolute atomic E-state index is 0.00428. The number of nitrogens with zero attached hydrogens (tertiary/aromatic N) is 4. The zero-order valence-corrected chi connectivity index (χ0v) is 17.8. The van der Waals surface area contributed by atoms with E-state index in [4.69, 9.17) is 9.15 Å². The number of oxazole rings is 1. The van der Waals surface area contributed by atoms with Gasteiger partial charge in [-0.3, -0.25) is 9.69 Å². The van der Waals surface area contributed by atoms with Crippen LogP contribution in [0.4, 0.5) is 0 Å². The number of ether oxygens (including phenoxy) is 1. The van der Waals surface area contributed by atoms with Crippen LogP contribution in [0.25, 0.3) is 0 Å². The molecule has 0 N–H and O–H groups in total. The first kappa shape index (κ1) is 19.8. The molecule has 1 amide bonds. The van der Waals surface area contributed by atoms with E-state index >= 15 is 0 Å². The summed E-state index contributed by atoms with van der Waals surface area (Å²) in [5.74, 6) is 2.28. The number of rotatable bonds is 5. The number of carbonyl (C=O) groups excluding carboxylic acids is 1. The summed E-state index contributed by atoms with van der Waals surface area (Å²) >= 11 is 0. The van der Waals surface area contributed by atoms with Gasteiger partial charge in [0.15, 0.2) is 5.89 Å². The van der Waals surface area contributed by atoms with Gasteiger partial charge in [-0.15, -0.1) is 0 Å². The first-order chi connectivity index (χ1) is 15.1. The van der Waals surface area contributed by atoms with E-state index in [1.54, 1.807) is 31.6 Å². The molecule has 7 heteroatoms. The van der Waals surface area contributed by atoms with Crippen LogP contribution in [0.1, 0.15) is 33.5 Å². The Kier molecular flexibility index (Phi) is 4.98. The summed E-state index contributed by atoms with van der Waals surface area (Å²) in [6, 6.07) is 14.0. The van der Waals surface area contributed by atoms with Crippen molar-refractivity contribution in [2.45, 2.75) is 19.4 Å². The maximum Gasteiger partial charge on any atom is 0.255 e. The molecule has 0 bridgehead atoms. The number of pyridine rings is 1. The maximum atomic E-state index is 13.0. The van der Waals surface area contributed by atoms with Gasteiger partial charge < -0.3 is 14.1 Å². The third kappa shape index (κ3) is 3.70. The summed E-state index contributed by atoms with van der Waals surface area (Å²) in [6.45, 7) is 5.98. The molecule has 7 nitrogen and oxygen atoms in total. The monoisotopic (exact) mass is 418 g/mol. The fraction of sp³-hybridized carbons (Fsp3) is 0.375. The van der Waals surface area contributed by atoms with Crippen LogP contribution in [0.5, 0.6) is 5.88 Å². The second-order valence-corrected chi connectivity index (χ2v) is 8.63. The molecule has 5 rings (SSSR count). The third-order valence-electron chi connectivity index (χ3n) is 6.40. The van der Waals surface area contributed by atoms with Crippen molar-refractivity contribution >= 4 is 5.91 Å². The molecule has 4 heterocycles. The zero-order chi connectivity index (χ0) is 21.4. The number of carbonyl (C=O) groups is 1. The molecule has 1 spiro atoms. The zero-order valence-electron chi connectivity index (χ0n) is 17.8. The summed E-state index contributed by atoms with van der Waals surface area (Å²) in [7, 11) is 1.56. The molecule has 0 saturated carbocycles. The highest BCUT2D eigenvalue weighted by molar-refractivity contribution is 5.94. The van der Waals surface area contributed by atoms with Crippen molar-refractivity contribution in [2.24, 2.45) is 5.41 Å². The van der Waals surface area contributed by atoms with Crippen LogP contribution in [0.2, 0.25) is 0 Å². The summed E-state index contributed by atoms with van der Waals surface area (Å²) in [5, 5.41) is 0. The van der Waals surface area contributed by atoms with Gasteiger partial charge in [0.2, 0.25) is 5.88 Å². The lowest BCUT2D eigenvalue weighted by atomic mass is 9.71. The Morgan fingerprint density at radius 3 is 2.58 bits per heavy atom. The molecule has 2 saturated heterocycles. The highest BCUT2D eigenvalue weighted by atomic mass is 16.5. The van der Waals surface area contributed by atoms with Crippen LogP contribution >= 0.6 is 0 Å². The smallest absolute Gasteiger partial charge is 0.255 e. The number of benzene rings is 1. The molecule has 3 aromatic rings. The second kappa shape index (κ2) is 7.81. The third-order valence-corrected chi connectivity index (χ3v) is 6.40. The molecule has 0 aliphatic carbocycles. The quantitative estimate of drug-likeness (QED) is 0.634. The average molecular weight is 418 g/mol. The van der Waals surface area contributed by atoms with Crippen LogP contribution in [-0.4, -0.2) is 59.0 Å². The molecule has 2 aliphatic heterocycles. The molecule has 31 heavy (non-hydrogen) atoms. The van der Waals surface area contributed by atoms with Crippen molar-refractivity contribution in [2.75, 3.05) is 33.3 Å². The Balaban J connectivity index is 1.34. The van der Waals surface area contributed by atoms with E-state index in [0.717, 1.165) is 31.3 Å². The van der Waals surface area contributed by atoms with Crippen LogP contribution in [0.3, 0.4) is 0 Å². The van der Waals surface area contributed by atoms with E-state index in [0.29, 0.717) is 24.5 Å². The van der Waals surface area contributed by atoms with Crippen LogP contribution in [0.15, 0.2) is 59.3 Å². The molecule has 2 fully saturated rings. The summed E-state index contributed by atoms with van der Waals surface area (Å²) in [6.07, 6.45) is 3.37. The molecule has 1 unspecified atom stereocenters. The van der Waals surface area contributed by atoms with E-state index in [2.05, 4.69) is 39.1 Å². The van der Waals surface area contributed by atoms with Gasteiger partial charge in [0.1, 0.15) is 5.76 Å². The molecule has 2 aliphatic rings. The minimum Gasteiger partial charge on any atom is -0.481 e. The molecule has 0 radical (unpaired) electrons. The fourth-order valence-electron chi connectivity index (χ4n) is 4.90. The maximum absolute atomic E-state index is 13.0. The summed E-state index contributed by atoms with van der Waals surface area (Å²) in [5.41, 5.74) is 1.83. The predicted molar refractivity (Wildman–Crippen MR) is 115 cm³/mol. The topological polar surface area (TPSA) is 71.7 Å². The largest absolute Gasteiger partial charge is 0.481 e. The van der Waals surface area contributed by atoms with E-state index < -0.39 is 0 Å². The first-order valence-corrected chi connectivity index (χ1v) is 10.5. The number of amides is 1. The standard InChI is InChI=1S/C24H26N4O3/c1-17-10-26-22(31-17)20-13-27(12-18-6-4-3-5-7-18)14-24(20)15-28(16-24)23(29)19-8-9-21(30-2)25-11-19/h3-11,20H,12-16H2,1-2H3. The fourth-order valence-corrected chi connectivity index (χ4v) is 4.90. The molecular formula is C24H26N4O3. The van der Waals surface area contributed by atoms with Crippen LogP contribution in [-0.2, 0) is 6.54 Å². The van der Waals surface area contributed by atoms with Gasteiger partial charge in [-0.1, -0.05) is 30.3 Å². The first-order valence-electron chi connectivity index (χ1n) is 10.5. The number of methoxy groups -OCH3 is 1. The van der Waals surface area contributed by atoms with E-state index in [-0.39, 0.29) is 17.2 Å². The molecule has 2 aromatic heterocycles. The average Bonchev–Trinajstić information content (AvgIpc) is 3.36. The number of aromatic nitrogens is 2. The van der Waals surface area contributed by atoms with Crippen molar-refractivity contribution in [3.05, 3.63) is 77.6 Å². The van der Waals surface area contributed by atoms with Gasteiger partial charge >= 0.3 is 0 Å².